The number of ether oxygens (including phenoxy) is 1. The van der Waals surface area contributed by atoms with Crippen LogP contribution in [-0.4, -0.2) is 37.6 Å². The van der Waals surface area contributed by atoms with Crippen LogP contribution in [-0.2, 0) is 4.79 Å². The van der Waals surface area contributed by atoms with E-state index in [9.17, 15) is 4.79 Å². The van der Waals surface area contributed by atoms with Crippen LogP contribution in [0.5, 0.6) is 5.75 Å². The lowest BCUT2D eigenvalue weighted by Gasteiger charge is -2.08. The molecule has 0 aliphatic carbocycles. The Morgan fingerprint density at radius 1 is 1.20 bits per heavy atom. The van der Waals surface area contributed by atoms with Crippen molar-refractivity contribution in [3.63, 3.8) is 0 Å². The fraction of sp³-hybridized carbons (Fsp3) is 0.250. The van der Waals surface area contributed by atoms with Crippen LogP contribution in [0.2, 0.25) is 0 Å². The number of anilines is 2. The van der Waals surface area contributed by atoms with Gasteiger partial charge >= 0.3 is 0 Å². The summed E-state index contributed by atoms with van der Waals surface area (Å²) in [6, 6.07) is 10.5. The summed E-state index contributed by atoms with van der Waals surface area (Å²) in [5.41, 5.74) is 12.1. The molecule has 0 aliphatic rings. The van der Waals surface area contributed by atoms with Crippen molar-refractivity contribution in [2.75, 3.05) is 37.8 Å². The van der Waals surface area contributed by atoms with Crippen molar-refractivity contribution in [3.05, 3.63) is 36.4 Å². The predicted molar refractivity (Wildman–Crippen MR) is 96.4 cm³/mol. The van der Waals surface area contributed by atoms with Gasteiger partial charge in [-0.25, -0.2) is 4.98 Å². The molecule has 0 saturated heterocycles. The van der Waals surface area contributed by atoms with E-state index in [1.54, 1.807) is 18.2 Å². The molecule has 9 heteroatoms. The van der Waals surface area contributed by atoms with Crippen LogP contribution in [0.25, 0.3) is 0 Å². The molecule has 0 atom stereocenters. The summed E-state index contributed by atoms with van der Waals surface area (Å²) in [5.74, 6) is 0.726. The van der Waals surface area contributed by atoms with E-state index in [1.807, 2.05) is 25.2 Å². The number of nitrogen functional groups attached to an aromatic ring is 1. The fourth-order valence-corrected chi connectivity index (χ4v) is 1.85. The van der Waals surface area contributed by atoms with Crippen molar-refractivity contribution >= 4 is 28.9 Å². The first-order valence-electron chi connectivity index (χ1n) is 7.68. The highest BCUT2D eigenvalue weighted by molar-refractivity contribution is 5.91. The van der Waals surface area contributed by atoms with E-state index >= 15 is 0 Å². The number of pyridine rings is 1. The number of para-hydroxylation sites is 1. The molecule has 0 bridgehead atoms. The lowest BCUT2D eigenvalue weighted by molar-refractivity contribution is -0.114. The summed E-state index contributed by atoms with van der Waals surface area (Å²) in [6.45, 7) is 1.11. The molecule has 1 aromatic heterocycles. The molecule has 25 heavy (non-hydrogen) atoms. The van der Waals surface area contributed by atoms with Gasteiger partial charge < -0.3 is 26.8 Å². The fourth-order valence-electron chi connectivity index (χ4n) is 1.85. The number of hydrogen-bond donors (Lipinski definition) is 4. The van der Waals surface area contributed by atoms with E-state index in [0.717, 1.165) is 6.54 Å². The molecule has 0 unspecified atom stereocenters. The first kappa shape index (κ1) is 18.3. The molecule has 6 N–H and O–H groups in total. The maximum absolute atomic E-state index is 11.3. The van der Waals surface area contributed by atoms with Gasteiger partial charge in [0.25, 0.3) is 0 Å². The standard InChI is InChI=1S/C16H21N7O2/c1-19-8-9-25-13-5-3-2-4-11(13)22-23-12-6-7-14(21-16(12)18)20-15(24)10-17/h2-7,19H,8-10,17H2,1H3,(H3,18,20,21,24)/b23-22+. The molecule has 0 aliphatic heterocycles. The van der Waals surface area contributed by atoms with Gasteiger partial charge in [-0.05, 0) is 31.3 Å². The third-order valence-corrected chi connectivity index (χ3v) is 3.10. The van der Waals surface area contributed by atoms with Crippen LogP contribution in [0.15, 0.2) is 46.6 Å². The topological polar surface area (TPSA) is 140 Å². The number of carbonyl (C=O) groups is 1. The average molecular weight is 343 g/mol. The molecule has 0 spiro atoms. The smallest absolute Gasteiger partial charge is 0.239 e. The monoisotopic (exact) mass is 343 g/mol. The number of hydrogen-bond acceptors (Lipinski definition) is 8. The number of nitrogens with one attached hydrogen (secondary N) is 2. The van der Waals surface area contributed by atoms with Crippen molar-refractivity contribution in [2.45, 2.75) is 0 Å². The largest absolute Gasteiger partial charge is 0.490 e. The van der Waals surface area contributed by atoms with Crippen LogP contribution in [0.3, 0.4) is 0 Å². The number of carbonyl (C=O) groups excluding carboxylic acids is 1. The molecule has 1 aromatic carbocycles. The maximum atomic E-state index is 11.3. The molecular formula is C16H21N7O2. The molecule has 2 rings (SSSR count). The van der Waals surface area contributed by atoms with Crippen LogP contribution < -0.4 is 26.8 Å². The number of nitrogens with zero attached hydrogens (tertiary/aromatic N) is 3. The Labute approximate surface area is 145 Å². The van der Waals surface area contributed by atoms with Gasteiger partial charge in [0.2, 0.25) is 5.91 Å². The van der Waals surface area contributed by atoms with Crippen molar-refractivity contribution in [3.8, 4) is 5.75 Å². The highest BCUT2D eigenvalue weighted by atomic mass is 16.5. The Bertz CT molecular complexity index is 749. The zero-order chi connectivity index (χ0) is 18.1. The molecule has 0 saturated carbocycles. The van der Waals surface area contributed by atoms with Crippen molar-refractivity contribution in [1.82, 2.24) is 10.3 Å². The van der Waals surface area contributed by atoms with Gasteiger partial charge in [-0.2, -0.15) is 0 Å². The van der Waals surface area contributed by atoms with Crippen LogP contribution in [0.1, 0.15) is 0 Å². The van der Waals surface area contributed by atoms with E-state index < -0.39 is 0 Å². The number of nitrogens with two attached hydrogens (primary N) is 2. The number of aromatic nitrogens is 1. The molecule has 1 amide bonds. The summed E-state index contributed by atoms with van der Waals surface area (Å²) in [7, 11) is 1.85. The predicted octanol–water partition coefficient (Wildman–Crippen LogP) is 1.57. The summed E-state index contributed by atoms with van der Waals surface area (Å²) in [5, 5.41) is 13.8. The summed E-state index contributed by atoms with van der Waals surface area (Å²) in [6.07, 6.45) is 0. The maximum Gasteiger partial charge on any atom is 0.239 e. The highest BCUT2D eigenvalue weighted by Gasteiger charge is 2.06. The second-order valence-corrected chi connectivity index (χ2v) is 4.97. The molecule has 0 radical (unpaired) electrons. The Balaban J connectivity index is 2.12. The highest BCUT2D eigenvalue weighted by Crippen LogP contribution is 2.30. The average Bonchev–Trinajstić information content (AvgIpc) is 2.62. The van der Waals surface area contributed by atoms with Gasteiger partial charge in [-0.15, -0.1) is 10.2 Å². The minimum Gasteiger partial charge on any atom is -0.490 e. The van der Waals surface area contributed by atoms with E-state index in [2.05, 4.69) is 25.8 Å². The third kappa shape index (κ3) is 5.52. The first-order chi connectivity index (χ1) is 12.1. The number of azo groups is 1. The van der Waals surface area contributed by atoms with Gasteiger partial charge in [-0.1, -0.05) is 12.1 Å². The van der Waals surface area contributed by atoms with Crippen molar-refractivity contribution in [2.24, 2.45) is 16.0 Å². The molecule has 1 heterocycles. The van der Waals surface area contributed by atoms with Gasteiger partial charge in [-0.3, -0.25) is 4.79 Å². The number of likely N-dealkylation sites (N-methyl/N-ethyl adjacent to an activating group) is 1. The molecule has 132 valence electrons. The minimum atomic E-state index is -0.353. The van der Waals surface area contributed by atoms with Crippen molar-refractivity contribution < 1.29 is 9.53 Å². The third-order valence-electron chi connectivity index (χ3n) is 3.10. The number of amides is 1. The summed E-state index contributed by atoms with van der Waals surface area (Å²) >= 11 is 0. The van der Waals surface area contributed by atoms with Crippen LogP contribution >= 0.6 is 0 Å². The van der Waals surface area contributed by atoms with Crippen LogP contribution in [0.4, 0.5) is 23.0 Å². The van der Waals surface area contributed by atoms with Gasteiger partial charge in [0.05, 0.1) is 6.54 Å². The van der Waals surface area contributed by atoms with Gasteiger partial charge in [0.1, 0.15) is 29.5 Å². The van der Waals surface area contributed by atoms with E-state index in [4.69, 9.17) is 16.2 Å². The number of rotatable bonds is 8. The Morgan fingerprint density at radius 2 is 1.96 bits per heavy atom. The zero-order valence-electron chi connectivity index (χ0n) is 13.9. The van der Waals surface area contributed by atoms with Gasteiger partial charge in [0.15, 0.2) is 5.82 Å². The molecular weight excluding hydrogens is 322 g/mol. The van der Waals surface area contributed by atoms with E-state index in [1.165, 1.54) is 0 Å². The quantitative estimate of drug-likeness (QED) is 0.424. The lowest BCUT2D eigenvalue weighted by Crippen LogP contribution is -2.22. The molecule has 9 nitrogen and oxygen atoms in total. The minimum absolute atomic E-state index is 0.132. The Morgan fingerprint density at radius 3 is 2.68 bits per heavy atom. The molecule has 0 fully saturated rings. The van der Waals surface area contributed by atoms with Crippen LogP contribution in [0, 0.1) is 0 Å². The zero-order valence-corrected chi connectivity index (χ0v) is 13.9. The van der Waals surface area contributed by atoms with E-state index in [0.29, 0.717) is 29.5 Å². The Hall–Kier alpha value is -3.04. The van der Waals surface area contributed by atoms with Gasteiger partial charge in [0, 0.05) is 6.54 Å². The van der Waals surface area contributed by atoms with E-state index in [-0.39, 0.29) is 18.3 Å². The normalized spacial score (nSPS) is 10.8. The second-order valence-electron chi connectivity index (χ2n) is 4.97. The number of benzene rings is 1. The Kier molecular flexibility index (Phi) is 6.81. The van der Waals surface area contributed by atoms with Crippen molar-refractivity contribution in [1.29, 1.82) is 0 Å². The SMILES string of the molecule is CNCCOc1ccccc1/N=N/c1ccc(NC(=O)CN)nc1N. The summed E-state index contributed by atoms with van der Waals surface area (Å²) in [4.78, 5) is 15.3. The first-order valence-corrected chi connectivity index (χ1v) is 7.68. The lowest BCUT2D eigenvalue weighted by atomic mass is 10.3. The second kappa shape index (κ2) is 9.30. The summed E-state index contributed by atoms with van der Waals surface area (Å²) < 4.78 is 5.65. The molecule has 2 aromatic rings.